The van der Waals surface area contributed by atoms with Gasteiger partial charge in [0, 0.05) is 47.8 Å². The van der Waals surface area contributed by atoms with E-state index in [2.05, 4.69) is 29.0 Å². The van der Waals surface area contributed by atoms with Crippen LogP contribution in [0.5, 0.6) is 5.75 Å². The van der Waals surface area contributed by atoms with E-state index in [1.54, 1.807) is 29.7 Å². The monoisotopic (exact) mass is 504 g/mol. The lowest BCUT2D eigenvalue weighted by molar-refractivity contribution is -0.130. The summed E-state index contributed by atoms with van der Waals surface area (Å²) in [5.41, 5.74) is 5.19. The Bertz CT molecular complexity index is 1230. The summed E-state index contributed by atoms with van der Waals surface area (Å²) in [6.07, 6.45) is 0.952. The van der Waals surface area contributed by atoms with Crippen LogP contribution in [0.15, 0.2) is 54.6 Å². The molecule has 2 aromatic carbocycles. The molecule has 0 bridgehead atoms. The van der Waals surface area contributed by atoms with Gasteiger partial charge >= 0.3 is 0 Å². The Kier molecular flexibility index (Phi) is 8.74. The third-order valence-corrected chi connectivity index (χ3v) is 6.79. The Morgan fingerprint density at radius 1 is 1.16 bits per heavy atom. The number of nitrogens with one attached hydrogen (secondary N) is 2. The number of hydroxylamine groups is 1. The lowest BCUT2D eigenvalue weighted by atomic mass is 9.87. The van der Waals surface area contributed by atoms with Crippen molar-refractivity contribution in [2.24, 2.45) is 11.8 Å². The second kappa shape index (κ2) is 12.2. The molecule has 4 rings (SSSR count). The molecule has 2 atom stereocenters. The molecule has 8 heteroatoms. The van der Waals surface area contributed by atoms with Gasteiger partial charge < -0.3 is 15.0 Å². The van der Waals surface area contributed by atoms with Crippen LogP contribution in [0.3, 0.4) is 0 Å². The van der Waals surface area contributed by atoms with E-state index in [1.165, 1.54) is 0 Å². The van der Waals surface area contributed by atoms with Gasteiger partial charge in [-0.15, -0.1) is 0 Å². The van der Waals surface area contributed by atoms with E-state index in [-0.39, 0.29) is 24.3 Å². The first kappa shape index (κ1) is 26.6. The molecule has 0 spiro atoms. The average Bonchev–Trinajstić information content (AvgIpc) is 2.88. The predicted molar refractivity (Wildman–Crippen MR) is 142 cm³/mol. The highest BCUT2D eigenvalue weighted by atomic mass is 16.5. The summed E-state index contributed by atoms with van der Waals surface area (Å²) in [4.78, 5) is 31.8. The molecular weight excluding hydrogens is 468 g/mol. The van der Waals surface area contributed by atoms with Gasteiger partial charge in [-0.2, -0.15) is 0 Å². The highest BCUT2D eigenvalue weighted by Crippen LogP contribution is 2.24. The number of piperidine rings is 1. The molecule has 1 aliphatic rings. The minimum atomic E-state index is -0.430. The van der Waals surface area contributed by atoms with Gasteiger partial charge in [-0.3, -0.25) is 19.8 Å². The summed E-state index contributed by atoms with van der Waals surface area (Å²) in [7, 11) is 0. The molecule has 1 fully saturated rings. The summed E-state index contributed by atoms with van der Waals surface area (Å²) >= 11 is 0. The van der Waals surface area contributed by atoms with Crippen LogP contribution in [-0.4, -0.2) is 52.6 Å². The molecular formula is C29H36N4O4. The summed E-state index contributed by atoms with van der Waals surface area (Å²) in [6, 6.07) is 17.0. The predicted octanol–water partition coefficient (Wildman–Crippen LogP) is 4.09. The van der Waals surface area contributed by atoms with Gasteiger partial charge in [-0.05, 0) is 68.1 Å². The zero-order valence-electron chi connectivity index (χ0n) is 21.7. The SMILES string of the molecule is Cc1cc(COc2ccc(C(=O)N[C@@H]3CN(CC(C)C)CC[C@H]3CC(=O)NO)cc2)c2ccccc2n1. The van der Waals surface area contributed by atoms with Crippen molar-refractivity contribution >= 4 is 22.7 Å². The number of carbonyl (C=O) groups excluding carboxylic acids is 2. The van der Waals surface area contributed by atoms with Gasteiger partial charge in [0.2, 0.25) is 5.91 Å². The van der Waals surface area contributed by atoms with Crippen LogP contribution >= 0.6 is 0 Å². The number of aromatic nitrogens is 1. The van der Waals surface area contributed by atoms with Crippen LogP contribution < -0.4 is 15.5 Å². The van der Waals surface area contributed by atoms with E-state index in [4.69, 9.17) is 9.94 Å². The largest absolute Gasteiger partial charge is 0.489 e. The van der Waals surface area contributed by atoms with E-state index in [9.17, 15) is 9.59 Å². The van der Waals surface area contributed by atoms with Gasteiger partial charge in [0.15, 0.2) is 0 Å². The fourth-order valence-electron chi connectivity index (χ4n) is 5.07. The number of fused-ring (bicyclic) bond motifs is 1. The number of rotatable bonds is 9. The molecule has 8 nitrogen and oxygen atoms in total. The van der Waals surface area contributed by atoms with Crippen LogP contribution in [-0.2, 0) is 11.4 Å². The van der Waals surface area contributed by atoms with Crippen molar-refractivity contribution in [3.8, 4) is 5.75 Å². The molecule has 0 radical (unpaired) electrons. The van der Waals surface area contributed by atoms with Crippen molar-refractivity contribution < 1.29 is 19.5 Å². The molecule has 3 aromatic rings. The number of benzene rings is 2. The minimum absolute atomic E-state index is 0.0410. The number of aryl methyl sites for hydroxylation is 1. The molecule has 196 valence electrons. The van der Waals surface area contributed by atoms with E-state index in [0.717, 1.165) is 41.7 Å². The van der Waals surface area contributed by atoms with Crippen molar-refractivity contribution in [2.75, 3.05) is 19.6 Å². The molecule has 2 heterocycles. The molecule has 0 saturated carbocycles. The van der Waals surface area contributed by atoms with E-state index >= 15 is 0 Å². The zero-order chi connectivity index (χ0) is 26.4. The molecule has 1 aromatic heterocycles. The summed E-state index contributed by atoms with van der Waals surface area (Å²) in [6.45, 7) is 9.18. The number of amides is 2. The Balaban J connectivity index is 1.40. The van der Waals surface area contributed by atoms with Crippen LogP contribution in [0.2, 0.25) is 0 Å². The fraction of sp³-hybridized carbons (Fsp3) is 0.414. The second-order valence-corrected chi connectivity index (χ2v) is 10.3. The number of ether oxygens (including phenoxy) is 1. The average molecular weight is 505 g/mol. The lowest BCUT2D eigenvalue weighted by Gasteiger charge is -2.39. The van der Waals surface area contributed by atoms with Crippen molar-refractivity contribution in [1.82, 2.24) is 20.7 Å². The molecule has 1 saturated heterocycles. The summed E-state index contributed by atoms with van der Waals surface area (Å²) in [5, 5.41) is 13.2. The molecule has 0 unspecified atom stereocenters. The Hall–Kier alpha value is -3.49. The number of carbonyl (C=O) groups is 2. The maximum atomic E-state index is 13.1. The van der Waals surface area contributed by atoms with Crippen molar-refractivity contribution in [2.45, 2.75) is 46.3 Å². The highest BCUT2D eigenvalue weighted by molar-refractivity contribution is 5.94. The number of likely N-dealkylation sites (tertiary alicyclic amines) is 1. The third kappa shape index (κ3) is 7.05. The number of para-hydroxylation sites is 1. The fourth-order valence-corrected chi connectivity index (χ4v) is 5.07. The minimum Gasteiger partial charge on any atom is -0.489 e. The van der Waals surface area contributed by atoms with Gasteiger partial charge in [0.1, 0.15) is 12.4 Å². The molecule has 37 heavy (non-hydrogen) atoms. The Morgan fingerprint density at radius 3 is 2.65 bits per heavy atom. The highest BCUT2D eigenvalue weighted by Gasteiger charge is 2.32. The first-order chi connectivity index (χ1) is 17.8. The van der Waals surface area contributed by atoms with E-state index in [0.29, 0.717) is 30.4 Å². The number of pyridine rings is 1. The van der Waals surface area contributed by atoms with Crippen LogP contribution in [0, 0.1) is 18.8 Å². The van der Waals surface area contributed by atoms with Crippen LogP contribution in [0.4, 0.5) is 0 Å². The zero-order valence-corrected chi connectivity index (χ0v) is 21.7. The molecule has 1 aliphatic heterocycles. The number of nitrogens with zero attached hydrogens (tertiary/aromatic N) is 2. The van der Waals surface area contributed by atoms with Crippen molar-refractivity contribution in [1.29, 1.82) is 0 Å². The van der Waals surface area contributed by atoms with Crippen molar-refractivity contribution in [3.05, 3.63) is 71.4 Å². The van der Waals surface area contributed by atoms with Gasteiger partial charge in [0.05, 0.1) is 5.52 Å². The Morgan fingerprint density at radius 2 is 1.92 bits per heavy atom. The summed E-state index contributed by atoms with van der Waals surface area (Å²) < 4.78 is 6.03. The molecule has 0 aliphatic carbocycles. The first-order valence-electron chi connectivity index (χ1n) is 12.9. The van der Waals surface area contributed by atoms with Gasteiger partial charge in [-0.1, -0.05) is 32.0 Å². The van der Waals surface area contributed by atoms with Crippen LogP contribution in [0.1, 0.15) is 48.3 Å². The number of hydrogen-bond donors (Lipinski definition) is 3. The first-order valence-corrected chi connectivity index (χ1v) is 12.9. The maximum absolute atomic E-state index is 13.1. The van der Waals surface area contributed by atoms with Gasteiger partial charge in [0.25, 0.3) is 5.91 Å². The third-order valence-electron chi connectivity index (χ3n) is 6.79. The van der Waals surface area contributed by atoms with Crippen molar-refractivity contribution in [3.63, 3.8) is 0 Å². The number of hydrogen-bond acceptors (Lipinski definition) is 6. The second-order valence-electron chi connectivity index (χ2n) is 10.3. The van der Waals surface area contributed by atoms with E-state index < -0.39 is 5.91 Å². The summed E-state index contributed by atoms with van der Waals surface area (Å²) in [5.74, 6) is 0.526. The van der Waals surface area contributed by atoms with Crippen LogP contribution in [0.25, 0.3) is 10.9 Å². The maximum Gasteiger partial charge on any atom is 0.251 e. The molecule has 2 amide bonds. The van der Waals surface area contributed by atoms with E-state index in [1.807, 2.05) is 37.3 Å². The topological polar surface area (TPSA) is 104 Å². The van der Waals surface area contributed by atoms with Gasteiger partial charge in [-0.25, -0.2) is 5.48 Å². The standard InChI is InChI=1S/C29H36N4O4/c1-19(2)16-33-13-12-22(15-28(34)32-36)27(17-33)31-29(35)21-8-10-24(11-9-21)37-18-23-14-20(3)30-26-7-5-4-6-25(23)26/h4-11,14,19,22,27,36H,12-13,15-18H2,1-3H3,(H,31,35)(H,32,34)/t22-,27+/m0/s1. The lowest BCUT2D eigenvalue weighted by Crippen LogP contribution is -2.54. The Labute approximate surface area is 218 Å². The quantitative estimate of drug-likeness (QED) is 0.300. The normalized spacial score (nSPS) is 18.1. The molecule has 3 N–H and O–H groups in total. The smallest absolute Gasteiger partial charge is 0.251 e.